The van der Waals surface area contributed by atoms with E-state index < -0.39 is 0 Å². The summed E-state index contributed by atoms with van der Waals surface area (Å²) in [5.74, 6) is -0.220. The van der Waals surface area contributed by atoms with Gasteiger partial charge in [-0.25, -0.2) is 9.18 Å². The predicted octanol–water partition coefficient (Wildman–Crippen LogP) is 1.66. The van der Waals surface area contributed by atoms with Crippen LogP contribution in [0.15, 0.2) is 18.2 Å². The number of nitrogens with zero attached hydrogens (tertiary/aromatic N) is 1. The van der Waals surface area contributed by atoms with Gasteiger partial charge >= 0.3 is 6.03 Å². The van der Waals surface area contributed by atoms with Gasteiger partial charge in [0, 0.05) is 0 Å². The number of aliphatic hydroxyl groups excluding tert-OH is 1. The van der Waals surface area contributed by atoms with Crippen molar-refractivity contribution in [1.82, 2.24) is 9.62 Å². The van der Waals surface area contributed by atoms with Crippen LogP contribution in [-0.4, -0.2) is 28.6 Å². The molecule has 0 fully saturated rings. The van der Waals surface area contributed by atoms with Gasteiger partial charge in [-0.2, -0.15) is 0 Å². The molecule has 1 aliphatic carbocycles. The summed E-state index contributed by atoms with van der Waals surface area (Å²) in [6.07, 6.45) is 1.31. The zero-order valence-corrected chi connectivity index (χ0v) is 10.7. The van der Waals surface area contributed by atoms with Gasteiger partial charge in [0.2, 0.25) is 0 Å². The first-order chi connectivity index (χ1) is 8.63. The average molecular weight is 270 g/mol. The molecule has 0 saturated heterocycles. The number of halogens is 1. The second-order valence-corrected chi connectivity index (χ2v) is 4.68. The molecule has 2 amide bonds. The minimum atomic E-state index is -0.380. The summed E-state index contributed by atoms with van der Waals surface area (Å²) in [6.45, 7) is 0.00444. The van der Waals surface area contributed by atoms with Gasteiger partial charge in [-0.1, -0.05) is 24.9 Å². The lowest BCUT2D eigenvalue weighted by molar-refractivity contribution is 0.210. The molecular weight excluding hydrogens is 255 g/mol. The molecule has 0 saturated carbocycles. The highest BCUT2D eigenvalue weighted by molar-refractivity contribution is 7.78. The highest BCUT2D eigenvalue weighted by Gasteiger charge is 2.26. The third-order valence-electron chi connectivity index (χ3n) is 3.06. The molecule has 0 bridgehead atoms. The first-order valence-corrected chi connectivity index (χ1v) is 6.18. The maximum absolute atomic E-state index is 13.5. The molecule has 18 heavy (non-hydrogen) atoms. The number of benzene rings is 1. The van der Waals surface area contributed by atoms with Gasteiger partial charge in [-0.05, 0) is 30.0 Å². The Bertz CT molecular complexity index is 456. The van der Waals surface area contributed by atoms with Crippen LogP contribution in [0.25, 0.3) is 0 Å². The molecule has 4 nitrogen and oxygen atoms in total. The number of amides is 2. The van der Waals surface area contributed by atoms with Gasteiger partial charge in [0.1, 0.15) is 5.82 Å². The topological polar surface area (TPSA) is 52.6 Å². The summed E-state index contributed by atoms with van der Waals surface area (Å²) < 4.78 is 14.6. The number of hydrogen-bond donors (Lipinski definition) is 3. The van der Waals surface area contributed by atoms with E-state index >= 15 is 0 Å². The Morgan fingerprint density at radius 2 is 2.39 bits per heavy atom. The zero-order chi connectivity index (χ0) is 13.1. The Balaban J connectivity index is 2.06. The van der Waals surface area contributed by atoms with Gasteiger partial charge in [-0.15, -0.1) is 0 Å². The van der Waals surface area contributed by atoms with Gasteiger partial charge in [0.25, 0.3) is 0 Å². The van der Waals surface area contributed by atoms with Crippen molar-refractivity contribution in [2.45, 2.75) is 18.9 Å². The number of rotatable bonds is 3. The first-order valence-electron chi connectivity index (χ1n) is 5.78. The maximum atomic E-state index is 13.5. The molecule has 1 unspecified atom stereocenters. The SMILES string of the molecule is O=C(NC1CCc2c(F)cccc21)N(S)CCO. The summed E-state index contributed by atoms with van der Waals surface area (Å²) >= 11 is 3.96. The molecule has 2 N–H and O–H groups in total. The van der Waals surface area contributed by atoms with Gasteiger partial charge in [0.05, 0.1) is 19.2 Å². The van der Waals surface area contributed by atoms with E-state index in [1.54, 1.807) is 6.07 Å². The van der Waals surface area contributed by atoms with E-state index in [0.29, 0.717) is 18.4 Å². The molecule has 0 spiro atoms. The summed E-state index contributed by atoms with van der Waals surface area (Å²) in [5.41, 5.74) is 1.50. The molecule has 1 atom stereocenters. The number of thiol groups is 1. The number of nitrogens with one attached hydrogen (secondary N) is 1. The molecule has 1 aliphatic rings. The molecule has 1 aromatic rings. The van der Waals surface area contributed by atoms with Crippen LogP contribution in [0.4, 0.5) is 9.18 Å². The van der Waals surface area contributed by atoms with Crippen LogP contribution in [-0.2, 0) is 6.42 Å². The Labute approximate surface area is 110 Å². The number of carbonyl (C=O) groups excluding carboxylic acids is 1. The molecule has 6 heteroatoms. The Morgan fingerprint density at radius 1 is 1.61 bits per heavy atom. The van der Waals surface area contributed by atoms with Crippen LogP contribution < -0.4 is 5.32 Å². The van der Waals surface area contributed by atoms with Crippen molar-refractivity contribution in [3.8, 4) is 0 Å². The van der Waals surface area contributed by atoms with E-state index in [1.165, 1.54) is 6.07 Å². The summed E-state index contributed by atoms with van der Waals surface area (Å²) in [7, 11) is 0. The van der Waals surface area contributed by atoms with Crippen LogP contribution in [0.5, 0.6) is 0 Å². The predicted molar refractivity (Wildman–Crippen MR) is 68.8 cm³/mol. The number of urea groups is 1. The molecule has 98 valence electrons. The summed E-state index contributed by atoms with van der Waals surface area (Å²) in [4.78, 5) is 11.7. The highest BCUT2D eigenvalue weighted by Crippen LogP contribution is 2.32. The molecule has 1 aromatic carbocycles. The molecule has 2 rings (SSSR count). The van der Waals surface area contributed by atoms with Crippen molar-refractivity contribution in [2.75, 3.05) is 13.2 Å². The lowest BCUT2D eigenvalue weighted by atomic mass is 10.1. The lowest BCUT2D eigenvalue weighted by Gasteiger charge is -2.19. The fourth-order valence-corrected chi connectivity index (χ4v) is 2.33. The van der Waals surface area contributed by atoms with Crippen LogP contribution in [0.3, 0.4) is 0 Å². The van der Waals surface area contributed by atoms with Crippen molar-refractivity contribution < 1.29 is 14.3 Å². The minimum absolute atomic E-state index is 0.146. The normalized spacial score (nSPS) is 17.4. The van der Waals surface area contributed by atoms with Crippen molar-refractivity contribution in [3.05, 3.63) is 35.1 Å². The molecule has 0 aromatic heterocycles. The van der Waals surface area contributed by atoms with Gasteiger partial charge < -0.3 is 10.4 Å². The standard InChI is InChI=1S/C12H15FN2O2S/c13-10-3-1-2-9-8(10)4-5-11(9)14-12(17)15(18)6-7-16/h1-3,11,16,18H,4-7H2,(H,14,17). The van der Waals surface area contributed by atoms with E-state index in [2.05, 4.69) is 18.1 Å². The third-order valence-corrected chi connectivity index (χ3v) is 3.44. The maximum Gasteiger partial charge on any atom is 0.327 e. The lowest BCUT2D eigenvalue weighted by Crippen LogP contribution is -2.37. The second kappa shape index (κ2) is 5.58. The molecule has 0 radical (unpaired) electrons. The van der Waals surface area contributed by atoms with E-state index in [-0.39, 0.29) is 31.0 Å². The van der Waals surface area contributed by atoms with E-state index in [9.17, 15) is 9.18 Å². The zero-order valence-electron chi connectivity index (χ0n) is 9.77. The number of hydrogen-bond acceptors (Lipinski definition) is 3. The van der Waals surface area contributed by atoms with E-state index in [4.69, 9.17) is 5.11 Å². The fourth-order valence-electron chi connectivity index (χ4n) is 2.18. The van der Waals surface area contributed by atoms with E-state index in [1.807, 2.05) is 6.07 Å². The van der Waals surface area contributed by atoms with Gasteiger partial charge in [-0.3, -0.25) is 4.31 Å². The monoisotopic (exact) mass is 270 g/mol. The van der Waals surface area contributed by atoms with Crippen molar-refractivity contribution in [2.24, 2.45) is 0 Å². The minimum Gasteiger partial charge on any atom is -0.394 e. The first kappa shape index (κ1) is 13.2. The van der Waals surface area contributed by atoms with Crippen molar-refractivity contribution in [1.29, 1.82) is 0 Å². The average Bonchev–Trinajstić information content (AvgIpc) is 2.74. The largest absolute Gasteiger partial charge is 0.394 e. The molecule has 0 aliphatic heterocycles. The number of aliphatic hydroxyl groups is 1. The second-order valence-electron chi connectivity index (χ2n) is 4.20. The number of fused-ring (bicyclic) bond motifs is 1. The van der Waals surface area contributed by atoms with E-state index in [0.717, 1.165) is 9.87 Å². The van der Waals surface area contributed by atoms with Crippen molar-refractivity contribution >= 4 is 18.8 Å². The van der Waals surface area contributed by atoms with Crippen LogP contribution in [0.2, 0.25) is 0 Å². The molecule has 0 heterocycles. The number of carbonyl (C=O) groups is 1. The fraction of sp³-hybridized carbons (Fsp3) is 0.417. The highest BCUT2D eigenvalue weighted by atomic mass is 32.1. The van der Waals surface area contributed by atoms with Crippen LogP contribution >= 0.6 is 12.8 Å². The van der Waals surface area contributed by atoms with Crippen LogP contribution in [0, 0.1) is 5.82 Å². The Hall–Kier alpha value is -1.27. The quantitative estimate of drug-likeness (QED) is 0.732. The summed E-state index contributed by atoms with van der Waals surface area (Å²) in [5, 5.41) is 11.5. The summed E-state index contributed by atoms with van der Waals surface area (Å²) in [6, 6.07) is 4.33. The Morgan fingerprint density at radius 3 is 3.11 bits per heavy atom. The van der Waals surface area contributed by atoms with Crippen molar-refractivity contribution in [3.63, 3.8) is 0 Å². The third kappa shape index (κ3) is 2.59. The Kier molecular flexibility index (Phi) is 4.08. The van der Waals surface area contributed by atoms with Crippen LogP contribution in [0.1, 0.15) is 23.6 Å². The smallest absolute Gasteiger partial charge is 0.327 e. The molecular formula is C12H15FN2O2S. The van der Waals surface area contributed by atoms with Gasteiger partial charge in [0.15, 0.2) is 0 Å².